The maximum atomic E-state index is 12.6. The van der Waals surface area contributed by atoms with E-state index in [0.29, 0.717) is 42.4 Å². The van der Waals surface area contributed by atoms with Gasteiger partial charge in [0.05, 0.1) is 19.8 Å². The van der Waals surface area contributed by atoms with E-state index >= 15 is 0 Å². The van der Waals surface area contributed by atoms with E-state index < -0.39 is 5.97 Å². The topological polar surface area (TPSA) is 68.3 Å². The van der Waals surface area contributed by atoms with Crippen LogP contribution in [0.25, 0.3) is 0 Å². The van der Waals surface area contributed by atoms with E-state index in [1.54, 1.807) is 36.3 Å². The van der Waals surface area contributed by atoms with Crippen molar-refractivity contribution in [2.75, 3.05) is 40.4 Å². The zero-order valence-electron chi connectivity index (χ0n) is 16.5. The second-order valence-corrected chi connectivity index (χ2v) is 6.48. The number of ether oxygens (including phenoxy) is 3. The van der Waals surface area contributed by atoms with E-state index in [9.17, 15) is 9.59 Å². The molecular formula is C21H25ClN2O5. The Kier molecular flexibility index (Phi) is 8.30. The molecule has 0 radical (unpaired) electrons. The monoisotopic (exact) mass is 420 g/mol. The molecule has 0 bridgehead atoms. The van der Waals surface area contributed by atoms with E-state index in [2.05, 4.69) is 4.90 Å². The molecule has 0 spiro atoms. The van der Waals surface area contributed by atoms with Gasteiger partial charge in [0.25, 0.3) is 0 Å². The van der Waals surface area contributed by atoms with Crippen molar-refractivity contribution in [3.8, 4) is 17.2 Å². The van der Waals surface area contributed by atoms with Crippen molar-refractivity contribution in [2.45, 2.75) is 6.54 Å². The summed E-state index contributed by atoms with van der Waals surface area (Å²) in [5.74, 6) is 1.09. The summed E-state index contributed by atoms with van der Waals surface area (Å²) in [7, 11) is 3.06. The Morgan fingerprint density at radius 3 is 2.31 bits per heavy atom. The smallest absolute Gasteiger partial charge is 0.343 e. The fraction of sp³-hybridized carbons (Fsp3) is 0.333. The molecule has 1 fully saturated rings. The van der Waals surface area contributed by atoms with Gasteiger partial charge in [-0.15, -0.1) is 12.4 Å². The number of hydrogen-bond acceptors (Lipinski definition) is 6. The molecule has 0 unspecified atom stereocenters. The molecule has 1 amide bonds. The Labute approximate surface area is 176 Å². The molecule has 0 saturated carbocycles. The molecule has 0 N–H and O–H groups in total. The van der Waals surface area contributed by atoms with E-state index in [4.69, 9.17) is 14.2 Å². The fourth-order valence-electron chi connectivity index (χ4n) is 3.12. The number of nitrogens with zero attached hydrogens (tertiary/aromatic N) is 2. The van der Waals surface area contributed by atoms with Crippen LogP contribution >= 0.6 is 12.4 Å². The van der Waals surface area contributed by atoms with Crippen LogP contribution in [0.3, 0.4) is 0 Å². The second-order valence-electron chi connectivity index (χ2n) is 6.48. The average molecular weight is 421 g/mol. The Morgan fingerprint density at radius 2 is 1.66 bits per heavy atom. The van der Waals surface area contributed by atoms with E-state index in [0.717, 1.165) is 25.1 Å². The van der Waals surface area contributed by atoms with Crippen LogP contribution in [0.2, 0.25) is 0 Å². The van der Waals surface area contributed by atoms with Crippen LogP contribution in [0.5, 0.6) is 17.2 Å². The number of methoxy groups -OCH3 is 2. The van der Waals surface area contributed by atoms with Crippen LogP contribution in [-0.2, 0) is 11.3 Å². The van der Waals surface area contributed by atoms with Crippen LogP contribution in [0.15, 0.2) is 42.5 Å². The molecule has 1 aliphatic heterocycles. The van der Waals surface area contributed by atoms with Crippen LogP contribution in [-0.4, -0.2) is 62.6 Å². The van der Waals surface area contributed by atoms with Crippen LogP contribution < -0.4 is 14.2 Å². The highest BCUT2D eigenvalue weighted by Crippen LogP contribution is 2.28. The number of para-hydroxylation sites is 1. The molecule has 3 rings (SSSR count). The first kappa shape index (κ1) is 22.5. The maximum Gasteiger partial charge on any atom is 0.343 e. The Balaban J connectivity index is 0.00000300. The van der Waals surface area contributed by atoms with Gasteiger partial charge in [-0.1, -0.05) is 18.2 Å². The van der Waals surface area contributed by atoms with Gasteiger partial charge in [-0.2, -0.15) is 0 Å². The molecule has 0 aromatic heterocycles. The highest BCUT2D eigenvalue weighted by Gasteiger charge is 2.19. The molecule has 8 heteroatoms. The lowest BCUT2D eigenvalue weighted by Gasteiger charge is -2.32. The Morgan fingerprint density at radius 1 is 0.966 bits per heavy atom. The molecule has 1 aliphatic rings. The van der Waals surface area contributed by atoms with Gasteiger partial charge in [0.15, 0.2) is 11.5 Å². The van der Waals surface area contributed by atoms with E-state index in [1.807, 2.05) is 18.2 Å². The predicted octanol–water partition coefficient (Wildman–Crippen LogP) is 2.62. The van der Waals surface area contributed by atoms with Crippen LogP contribution in [0, 0.1) is 0 Å². The highest BCUT2D eigenvalue weighted by atomic mass is 35.5. The molecule has 1 saturated heterocycles. The lowest BCUT2D eigenvalue weighted by atomic mass is 10.1. The average Bonchev–Trinajstić information content (AvgIpc) is 2.75. The molecule has 156 valence electrons. The highest BCUT2D eigenvalue weighted by molar-refractivity contribution is 5.92. The number of esters is 1. The number of halogens is 1. The number of amides is 1. The van der Waals surface area contributed by atoms with Crippen molar-refractivity contribution in [1.29, 1.82) is 0 Å². The summed E-state index contributed by atoms with van der Waals surface area (Å²) in [5, 5.41) is 0. The van der Waals surface area contributed by atoms with Gasteiger partial charge in [0, 0.05) is 38.3 Å². The number of benzene rings is 2. The number of piperazine rings is 1. The first-order valence-corrected chi connectivity index (χ1v) is 9.08. The number of carbonyl (C=O) groups excluding carboxylic acids is 2. The summed E-state index contributed by atoms with van der Waals surface area (Å²) in [6, 6.07) is 12.4. The van der Waals surface area contributed by atoms with Gasteiger partial charge in [0.2, 0.25) is 6.41 Å². The van der Waals surface area contributed by atoms with E-state index in [-0.39, 0.29) is 12.4 Å². The summed E-state index contributed by atoms with van der Waals surface area (Å²) < 4.78 is 16.1. The molecule has 0 atom stereocenters. The van der Waals surface area contributed by atoms with Crippen LogP contribution in [0.1, 0.15) is 15.9 Å². The zero-order chi connectivity index (χ0) is 19.9. The quantitative estimate of drug-likeness (QED) is 0.389. The standard InChI is InChI=1S/C21H24N2O5.ClH/c1-26-19-8-7-16(13-20(19)27-2)21(25)28-18-6-4-3-5-17(18)14-22-9-11-23(15-24)12-10-22;/h3-8,13,15H,9-12,14H2,1-2H3;1H. The van der Waals surface area contributed by atoms with Gasteiger partial charge < -0.3 is 19.1 Å². The van der Waals surface area contributed by atoms with Crippen molar-refractivity contribution >= 4 is 24.8 Å². The van der Waals surface area contributed by atoms with Gasteiger partial charge >= 0.3 is 5.97 Å². The summed E-state index contributed by atoms with van der Waals surface area (Å²) in [4.78, 5) is 27.5. The minimum Gasteiger partial charge on any atom is -0.493 e. The minimum absolute atomic E-state index is 0. The van der Waals surface area contributed by atoms with Crippen molar-refractivity contribution < 1.29 is 23.8 Å². The lowest BCUT2D eigenvalue weighted by molar-refractivity contribution is -0.119. The third-order valence-electron chi connectivity index (χ3n) is 4.74. The molecule has 1 heterocycles. The van der Waals surface area contributed by atoms with Crippen molar-refractivity contribution in [3.63, 3.8) is 0 Å². The summed E-state index contributed by atoms with van der Waals surface area (Å²) in [6.07, 6.45) is 0.885. The first-order chi connectivity index (χ1) is 13.6. The van der Waals surface area contributed by atoms with Gasteiger partial charge in [-0.3, -0.25) is 9.69 Å². The molecule has 2 aromatic carbocycles. The molecule has 7 nitrogen and oxygen atoms in total. The zero-order valence-corrected chi connectivity index (χ0v) is 17.3. The van der Waals surface area contributed by atoms with Crippen molar-refractivity contribution in [1.82, 2.24) is 9.80 Å². The van der Waals surface area contributed by atoms with Crippen molar-refractivity contribution in [3.05, 3.63) is 53.6 Å². The fourth-order valence-corrected chi connectivity index (χ4v) is 3.12. The van der Waals surface area contributed by atoms with Gasteiger partial charge in [-0.05, 0) is 24.3 Å². The van der Waals surface area contributed by atoms with Gasteiger partial charge in [0.1, 0.15) is 5.75 Å². The van der Waals surface area contributed by atoms with E-state index in [1.165, 1.54) is 7.11 Å². The first-order valence-electron chi connectivity index (χ1n) is 9.08. The lowest BCUT2D eigenvalue weighted by Crippen LogP contribution is -2.45. The van der Waals surface area contributed by atoms with Gasteiger partial charge in [-0.25, -0.2) is 4.79 Å². The summed E-state index contributed by atoms with van der Waals surface area (Å²) >= 11 is 0. The third-order valence-corrected chi connectivity index (χ3v) is 4.74. The SMILES string of the molecule is COc1ccc(C(=O)Oc2ccccc2CN2CCN(C=O)CC2)cc1OC.Cl. The predicted molar refractivity (Wildman–Crippen MR) is 111 cm³/mol. The second kappa shape index (κ2) is 10.7. The number of hydrogen-bond donors (Lipinski definition) is 0. The normalized spacial score (nSPS) is 13.9. The summed E-state index contributed by atoms with van der Waals surface area (Å²) in [6.45, 7) is 3.64. The summed E-state index contributed by atoms with van der Waals surface area (Å²) in [5.41, 5.74) is 1.31. The molecule has 2 aromatic rings. The molecular weight excluding hydrogens is 396 g/mol. The largest absolute Gasteiger partial charge is 0.493 e. The molecule has 29 heavy (non-hydrogen) atoms. The third kappa shape index (κ3) is 5.62. The van der Waals surface area contributed by atoms with Crippen LogP contribution in [0.4, 0.5) is 0 Å². The minimum atomic E-state index is -0.459. The number of carbonyl (C=O) groups is 2. The molecule has 0 aliphatic carbocycles. The van der Waals surface area contributed by atoms with Crippen molar-refractivity contribution in [2.24, 2.45) is 0 Å². The Bertz CT molecular complexity index is 838. The maximum absolute atomic E-state index is 12.6. The Hall–Kier alpha value is -2.77. The number of rotatable bonds is 7.